The Hall–Kier alpha value is -2.90. The molecule has 132 valence electrons. The van der Waals surface area contributed by atoms with E-state index in [1.165, 1.54) is 11.3 Å². The first-order chi connectivity index (χ1) is 12.5. The van der Waals surface area contributed by atoms with Crippen molar-refractivity contribution in [2.24, 2.45) is 5.73 Å². The topological polar surface area (TPSA) is 94.3 Å². The van der Waals surface area contributed by atoms with Crippen molar-refractivity contribution in [3.8, 4) is 17.0 Å². The van der Waals surface area contributed by atoms with Crippen molar-refractivity contribution in [3.63, 3.8) is 0 Å². The van der Waals surface area contributed by atoms with Crippen LogP contribution < -0.4 is 15.8 Å². The number of benzene rings is 2. The molecule has 0 radical (unpaired) electrons. The molecule has 0 atom stereocenters. The van der Waals surface area contributed by atoms with Gasteiger partial charge < -0.3 is 10.5 Å². The molecule has 0 saturated carbocycles. The predicted molar refractivity (Wildman–Crippen MR) is 102 cm³/mol. The molecule has 3 N–H and O–H groups in total. The van der Waals surface area contributed by atoms with Crippen molar-refractivity contribution in [1.29, 1.82) is 0 Å². The summed E-state index contributed by atoms with van der Waals surface area (Å²) in [6.45, 7) is -0.307. The van der Waals surface area contributed by atoms with Crippen LogP contribution in [0.5, 0.6) is 5.75 Å². The number of aromatic nitrogens is 1. The number of amides is 2. The van der Waals surface area contributed by atoms with Crippen LogP contribution in [0.4, 0.5) is 5.13 Å². The second-order valence-corrected chi connectivity index (χ2v) is 6.49. The summed E-state index contributed by atoms with van der Waals surface area (Å²) in [4.78, 5) is 27.8. The Morgan fingerprint density at radius 1 is 1.15 bits per heavy atom. The summed E-state index contributed by atoms with van der Waals surface area (Å²) in [5.41, 5.74) is 6.82. The zero-order valence-corrected chi connectivity index (χ0v) is 15.0. The normalized spacial score (nSPS) is 10.3. The van der Waals surface area contributed by atoms with Crippen LogP contribution in [0.15, 0.2) is 53.9 Å². The fraction of sp³-hybridized carbons (Fsp3) is 0.0556. The van der Waals surface area contributed by atoms with Crippen molar-refractivity contribution in [3.05, 3.63) is 64.5 Å². The van der Waals surface area contributed by atoms with Crippen LogP contribution in [0.2, 0.25) is 5.02 Å². The van der Waals surface area contributed by atoms with Gasteiger partial charge in [0.15, 0.2) is 11.7 Å². The number of halogens is 1. The number of thiazole rings is 1. The number of nitrogens with two attached hydrogens (primary N) is 1. The molecule has 0 spiro atoms. The molecule has 2 amide bonds. The third-order valence-electron chi connectivity index (χ3n) is 3.38. The number of nitrogens with one attached hydrogen (secondary N) is 1. The summed E-state index contributed by atoms with van der Waals surface area (Å²) < 4.78 is 5.28. The number of nitrogens with zero attached hydrogens (tertiary/aromatic N) is 1. The molecule has 0 aliphatic carbocycles. The number of carbonyl (C=O) groups excluding carboxylic acids is 2. The zero-order valence-electron chi connectivity index (χ0n) is 13.4. The van der Waals surface area contributed by atoms with Gasteiger partial charge in [0, 0.05) is 16.0 Å². The molecular weight excluding hydrogens is 374 g/mol. The minimum atomic E-state index is -0.621. The van der Waals surface area contributed by atoms with E-state index < -0.39 is 11.8 Å². The third kappa shape index (κ3) is 4.19. The van der Waals surface area contributed by atoms with Crippen LogP contribution in [0.3, 0.4) is 0 Å². The fourth-order valence-corrected chi connectivity index (χ4v) is 3.16. The summed E-state index contributed by atoms with van der Waals surface area (Å²) in [5.74, 6) is -0.749. The molecule has 0 bridgehead atoms. The van der Waals surface area contributed by atoms with Crippen LogP contribution >= 0.6 is 22.9 Å². The summed E-state index contributed by atoms with van der Waals surface area (Å²) >= 11 is 7.46. The van der Waals surface area contributed by atoms with E-state index in [4.69, 9.17) is 22.1 Å². The van der Waals surface area contributed by atoms with E-state index >= 15 is 0 Å². The van der Waals surface area contributed by atoms with Gasteiger partial charge in [0.1, 0.15) is 5.75 Å². The lowest BCUT2D eigenvalue weighted by Crippen LogP contribution is -2.21. The smallest absolute Gasteiger partial charge is 0.261 e. The molecule has 3 rings (SSSR count). The van der Waals surface area contributed by atoms with Crippen LogP contribution in [0, 0.1) is 0 Å². The number of ether oxygens (including phenoxy) is 1. The van der Waals surface area contributed by atoms with Crippen molar-refractivity contribution in [2.45, 2.75) is 0 Å². The van der Waals surface area contributed by atoms with E-state index in [9.17, 15) is 9.59 Å². The molecule has 3 aromatic rings. The quantitative estimate of drug-likeness (QED) is 0.675. The second kappa shape index (κ2) is 7.99. The highest BCUT2D eigenvalue weighted by molar-refractivity contribution is 7.14. The standard InChI is InChI=1S/C18H14ClN3O3S/c19-13-7-3-1-5-11(13)14-10-26-18(21-14)22-17(24)12-6-2-4-8-15(12)25-9-16(20)23/h1-8,10H,9H2,(H2,20,23)(H,21,22,24). The van der Waals surface area contributed by atoms with Gasteiger partial charge in [-0.3, -0.25) is 14.9 Å². The number of hydrogen-bond acceptors (Lipinski definition) is 5. The lowest BCUT2D eigenvalue weighted by Gasteiger charge is -2.09. The maximum absolute atomic E-state index is 12.5. The van der Waals surface area contributed by atoms with Gasteiger partial charge in [0.2, 0.25) is 0 Å². The highest BCUT2D eigenvalue weighted by atomic mass is 35.5. The number of para-hydroxylation sites is 1. The predicted octanol–water partition coefficient (Wildman–Crippen LogP) is 3.58. The summed E-state index contributed by atoms with van der Waals surface area (Å²) in [6, 6.07) is 13.9. The summed E-state index contributed by atoms with van der Waals surface area (Å²) in [6.07, 6.45) is 0. The summed E-state index contributed by atoms with van der Waals surface area (Å²) in [7, 11) is 0. The number of hydrogen-bond donors (Lipinski definition) is 2. The van der Waals surface area contributed by atoms with E-state index in [0.29, 0.717) is 15.8 Å². The van der Waals surface area contributed by atoms with Crippen LogP contribution in [-0.2, 0) is 4.79 Å². The van der Waals surface area contributed by atoms with Crippen molar-refractivity contribution in [2.75, 3.05) is 11.9 Å². The fourth-order valence-electron chi connectivity index (χ4n) is 2.22. The number of rotatable bonds is 6. The van der Waals surface area contributed by atoms with Crippen molar-refractivity contribution in [1.82, 2.24) is 4.98 Å². The molecule has 0 aliphatic heterocycles. The second-order valence-electron chi connectivity index (χ2n) is 5.22. The molecule has 6 nitrogen and oxygen atoms in total. The largest absolute Gasteiger partial charge is 0.483 e. The average molecular weight is 388 g/mol. The van der Waals surface area contributed by atoms with Gasteiger partial charge >= 0.3 is 0 Å². The van der Waals surface area contributed by atoms with Gasteiger partial charge in [0.25, 0.3) is 11.8 Å². The molecule has 0 aliphatic rings. The Morgan fingerprint density at radius 3 is 2.65 bits per heavy atom. The van der Waals surface area contributed by atoms with Gasteiger partial charge in [-0.15, -0.1) is 11.3 Å². The van der Waals surface area contributed by atoms with Crippen LogP contribution in [0.1, 0.15) is 10.4 Å². The molecule has 1 heterocycles. The average Bonchev–Trinajstić information content (AvgIpc) is 3.08. The molecule has 0 saturated heterocycles. The van der Waals surface area contributed by atoms with Crippen LogP contribution in [0.25, 0.3) is 11.3 Å². The van der Waals surface area contributed by atoms with Crippen molar-refractivity contribution < 1.29 is 14.3 Å². The maximum Gasteiger partial charge on any atom is 0.261 e. The highest BCUT2D eigenvalue weighted by Crippen LogP contribution is 2.30. The minimum Gasteiger partial charge on any atom is -0.483 e. The number of carbonyl (C=O) groups is 2. The first kappa shape index (κ1) is 17.9. The Morgan fingerprint density at radius 2 is 1.88 bits per heavy atom. The molecule has 0 unspecified atom stereocenters. The van der Waals surface area contributed by atoms with E-state index in [2.05, 4.69) is 10.3 Å². The summed E-state index contributed by atoms with van der Waals surface area (Å²) in [5, 5.41) is 5.55. The first-order valence-corrected chi connectivity index (χ1v) is 8.82. The maximum atomic E-state index is 12.5. The van der Waals surface area contributed by atoms with Gasteiger partial charge in [-0.05, 0) is 18.2 Å². The molecule has 26 heavy (non-hydrogen) atoms. The van der Waals surface area contributed by atoms with Gasteiger partial charge in [-0.2, -0.15) is 0 Å². The van der Waals surface area contributed by atoms with Gasteiger partial charge in [-0.25, -0.2) is 4.98 Å². The molecular formula is C18H14ClN3O3S. The molecule has 2 aromatic carbocycles. The lowest BCUT2D eigenvalue weighted by molar-refractivity contribution is -0.119. The first-order valence-electron chi connectivity index (χ1n) is 7.56. The Bertz CT molecular complexity index is 958. The SMILES string of the molecule is NC(=O)COc1ccccc1C(=O)Nc1nc(-c2ccccc2Cl)cs1. The Labute approximate surface area is 158 Å². The van der Waals surface area contributed by atoms with Crippen LogP contribution in [-0.4, -0.2) is 23.4 Å². The van der Waals surface area contributed by atoms with E-state index in [1.54, 1.807) is 30.3 Å². The van der Waals surface area contributed by atoms with E-state index in [-0.39, 0.29) is 17.9 Å². The monoisotopic (exact) mass is 387 g/mol. The third-order valence-corrected chi connectivity index (χ3v) is 4.46. The number of primary amides is 1. The molecule has 0 fully saturated rings. The van der Waals surface area contributed by atoms with E-state index in [0.717, 1.165) is 5.56 Å². The zero-order chi connectivity index (χ0) is 18.5. The van der Waals surface area contributed by atoms with E-state index in [1.807, 2.05) is 23.6 Å². The highest BCUT2D eigenvalue weighted by Gasteiger charge is 2.15. The molecule has 1 aromatic heterocycles. The minimum absolute atomic E-state index is 0.270. The number of anilines is 1. The molecule has 8 heteroatoms. The van der Waals surface area contributed by atoms with Crippen molar-refractivity contribution >= 4 is 39.9 Å². The van der Waals surface area contributed by atoms with Gasteiger partial charge in [-0.1, -0.05) is 41.9 Å². The lowest BCUT2D eigenvalue weighted by atomic mass is 10.2. The Kier molecular flexibility index (Phi) is 5.50. The van der Waals surface area contributed by atoms with Gasteiger partial charge in [0.05, 0.1) is 11.3 Å². The Balaban J connectivity index is 1.77.